The molecule has 7 rings (SSSR count). The van der Waals surface area contributed by atoms with Crippen LogP contribution in [0.4, 0.5) is 21.0 Å². The van der Waals surface area contributed by atoms with E-state index in [-0.39, 0.29) is 28.8 Å². The number of fused-ring (bicyclic) bond motifs is 6. The lowest BCUT2D eigenvalue weighted by molar-refractivity contribution is 0.0214. The van der Waals surface area contributed by atoms with E-state index in [1.807, 2.05) is 20.8 Å². The fourth-order valence-corrected chi connectivity index (χ4v) is 10.9. The second kappa shape index (κ2) is 16.2. The van der Waals surface area contributed by atoms with Crippen LogP contribution >= 0.6 is 0 Å². The Morgan fingerprint density at radius 1 is 0.738 bits per heavy atom. The summed E-state index contributed by atoms with van der Waals surface area (Å²) in [6.07, 6.45) is 2.64. The maximum atomic E-state index is 13.0. The van der Waals surface area contributed by atoms with Crippen LogP contribution in [-0.4, -0.2) is 101 Å². The van der Waals surface area contributed by atoms with Crippen molar-refractivity contribution in [3.05, 3.63) is 71.4 Å². The normalized spacial score (nSPS) is 14.9. The van der Waals surface area contributed by atoms with Gasteiger partial charge in [-0.1, -0.05) is 0 Å². The van der Waals surface area contributed by atoms with Gasteiger partial charge in [0.1, 0.15) is 11.2 Å². The van der Waals surface area contributed by atoms with E-state index in [0.29, 0.717) is 65.8 Å². The molecule has 5 heterocycles. The molecule has 61 heavy (non-hydrogen) atoms. The van der Waals surface area contributed by atoms with E-state index >= 15 is 0 Å². The van der Waals surface area contributed by atoms with Gasteiger partial charge in [-0.2, -0.15) is 8.42 Å². The van der Waals surface area contributed by atoms with Gasteiger partial charge in [-0.05, 0) is 91.8 Å². The number of aryl methyl sites for hydroxylation is 1. The first-order valence-electron chi connectivity index (χ1n) is 19.8. The zero-order valence-corrected chi connectivity index (χ0v) is 38.3. The summed E-state index contributed by atoms with van der Waals surface area (Å²) in [5.74, 6) is -0.101. The van der Waals surface area contributed by atoms with E-state index in [0.717, 1.165) is 16.6 Å². The Balaban J connectivity index is 0.000000213. The molecular formula is C40H54N8O10S3. The Bertz CT molecular complexity index is 2870. The van der Waals surface area contributed by atoms with Gasteiger partial charge in [0.25, 0.3) is 10.0 Å². The smallest absolute Gasteiger partial charge is 0.410 e. The summed E-state index contributed by atoms with van der Waals surface area (Å²) in [5, 5.41) is 1.18. The molecule has 0 bridgehead atoms. The van der Waals surface area contributed by atoms with Crippen molar-refractivity contribution in [3.8, 4) is 0 Å². The van der Waals surface area contributed by atoms with Gasteiger partial charge in [0, 0.05) is 83.8 Å². The van der Waals surface area contributed by atoms with Crippen molar-refractivity contribution in [3.63, 3.8) is 0 Å². The summed E-state index contributed by atoms with van der Waals surface area (Å²) in [6, 6.07) is 9.88. The van der Waals surface area contributed by atoms with Crippen molar-refractivity contribution in [2.75, 3.05) is 35.1 Å². The van der Waals surface area contributed by atoms with Gasteiger partial charge in [0.2, 0.25) is 20.0 Å². The van der Waals surface area contributed by atoms with Gasteiger partial charge in [-0.3, -0.25) is 4.72 Å². The first-order chi connectivity index (χ1) is 28.2. The average Bonchev–Trinajstić information content (AvgIpc) is 3.85. The Hall–Kier alpha value is -5.28. The Morgan fingerprint density at radius 3 is 1.62 bits per heavy atom. The van der Waals surface area contributed by atoms with Crippen molar-refractivity contribution in [2.24, 2.45) is 7.05 Å². The topological polar surface area (TPSA) is 227 Å². The number of nitrogens with two attached hydrogens (primary N) is 1. The first kappa shape index (κ1) is 45.3. The van der Waals surface area contributed by atoms with Crippen molar-refractivity contribution < 1.29 is 44.3 Å². The van der Waals surface area contributed by atoms with Crippen molar-refractivity contribution in [1.29, 1.82) is 0 Å². The predicted molar refractivity (Wildman–Crippen MR) is 233 cm³/mol. The van der Waals surface area contributed by atoms with Crippen LogP contribution in [0.2, 0.25) is 0 Å². The molecule has 18 nitrogen and oxygen atoms in total. The first-order valence-corrected chi connectivity index (χ1v) is 24.5. The Labute approximate surface area is 356 Å². The van der Waals surface area contributed by atoms with Crippen LogP contribution in [0.1, 0.15) is 77.9 Å². The highest BCUT2D eigenvalue weighted by Gasteiger charge is 2.34. The minimum atomic E-state index is -3.94. The van der Waals surface area contributed by atoms with Gasteiger partial charge in [0.05, 0.1) is 42.0 Å². The number of benzene rings is 2. The Kier molecular flexibility index (Phi) is 12.0. The predicted octanol–water partition coefficient (Wildman–Crippen LogP) is 5.38. The molecule has 0 saturated carbocycles. The average molecular weight is 903 g/mol. The lowest BCUT2D eigenvalue weighted by Gasteiger charge is -2.30. The number of amides is 2. The minimum absolute atomic E-state index is 0.00335. The SMILES string of the molecule is CCS(=O)(=O)n1c2c(c3cc(N)ccc31)CN(C(=O)OC(C)(C)C)CC2.CCS(=O)(=O)n1c2c(c3cc(NS(=O)(=O)c4cn(C)cn4)ccc31)CN(C(=O)OC(C)(C)C)CC2. The van der Waals surface area contributed by atoms with Crippen LogP contribution < -0.4 is 10.5 Å². The molecule has 0 fully saturated rings. The number of sulfonamides is 1. The standard InChI is InChI=1S/C22H29N5O6S2.C18H25N3O4S/c1-6-34(29,30)27-18-8-7-15(24-35(31,32)20-13-25(5)14-23-20)11-16(18)17-12-26(10-9-19(17)27)21(28)33-22(2,3)4;1-5-26(23,24)21-15-7-6-12(19)10-13(15)14-11-20(9-8-16(14)21)17(22)25-18(2,3)4/h7-8,11,13-14,24H,6,9-10,12H2,1-5H3;6-7,10H,5,8-9,11,19H2,1-4H3. The summed E-state index contributed by atoms with van der Waals surface area (Å²) in [7, 11) is -9.39. The molecule has 0 radical (unpaired) electrons. The number of nitrogens with zero attached hydrogens (tertiary/aromatic N) is 6. The van der Waals surface area contributed by atoms with E-state index in [2.05, 4.69) is 9.71 Å². The second-order valence-electron chi connectivity index (χ2n) is 17.0. The van der Waals surface area contributed by atoms with Crippen molar-refractivity contribution in [1.82, 2.24) is 27.3 Å². The van der Waals surface area contributed by atoms with Crippen LogP contribution in [-0.2, 0) is 72.5 Å². The lowest BCUT2D eigenvalue weighted by atomic mass is 10.0. The van der Waals surface area contributed by atoms with E-state index in [4.69, 9.17) is 15.2 Å². The second-order valence-corrected chi connectivity index (χ2v) is 22.8. The number of hydrogen-bond donors (Lipinski definition) is 2. The molecule has 0 aliphatic carbocycles. The highest BCUT2D eigenvalue weighted by Crippen LogP contribution is 2.36. The number of hydrogen-bond acceptors (Lipinski definition) is 12. The molecule has 2 aliphatic heterocycles. The van der Waals surface area contributed by atoms with E-state index in [9.17, 15) is 34.8 Å². The number of nitrogens with one attached hydrogen (secondary N) is 1. The summed E-state index contributed by atoms with van der Waals surface area (Å²) < 4.78 is 94.6. The van der Waals surface area contributed by atoms with Crippen molar-refractivity contribution in [2.45, 2.75) is 97.5 Å². The van der Waals surface area contributed by atoms with E-state index in [1.165, 1.54) is 36.0 Å². The zero-order valence-electron chi connectivity index (χ0n) is 35.8. The summed E-state index contributed by atoms with van der Waals surface area (Å²) in [4.78, 5) is 32.2. The lowest BCUT2D eigenvalue weighted by Crippen LogP contribution is -2.40. The molecule has 2 aromatic carbocycles. The van der Waals surface area contributed by atoms with Gasteiger partial charge >= 0.3 is 12.2 Å². The number of imidazole rings is 1. The zero-order chi connectivity index (χ0) is 45.0. The van der Waals surface area contributed by atoms with E-state index in [1.54, 1.807) is 76.9 Å². The monoisotopic (exact) mass is 902 g/mol. The molecule has 0 unspecified atom stereocenters. The van der Waals surface area contributed by atoms with Crippen LogP contribution in [0, 0.1) is 0 Å². The molecule has 2 amide bonds. The Morgan fingerprint density at radius 2 is 1.20 bits per heavy atom. The third-order valence-electron chi connectivity index (χ3n) is 10.0. The molecule has 332 valence electrons. The molecule has 21 heteroatoms. The minimum Gasteiger partial charge on any atom is -0.444 e. The van der Waals surface area contributed by atoms with Gasteiger partial charge < -0.3 is 29.6 Å². The number of anilines is 2. The highest BCUT2D eigenvalue weighted by atomic mass is 32.2. The summed E-state index contributed by atoms with van der Waals surface area (Å²) in [6.45, 7) is 15.1. The third kappa shape index (κ3) is 9.47. The largest absolute Gasteiger partial charge is 0.444 e. The highest BCUT2D eigenvalue weighted by molar-refractivity contribution is 7.92. The maximum Gasteiger partial charge on any atom is 0.410 e. The van der Waals surface area contributed by atoms with Crippen molar-refractivity contribution >= 4 is 75.4 Å². The molecule has 3 N–H and O–H groups in total. The number of ether oxygens (including phenoxy) is 2. The number of nitrogen functional groups attached to an aromatic ring is 1. The molecule has 5 aromatic rings. The van der Waals surface area contributed by atoms with E-state index < -0.39 is 53.5 Å². The summed E-state index contributed by atoms with van der Waals surface area (Å²) >= 11 is 0. The van der Waals surface area contributed by atoms with Gasteiger partial charge in [-0.25, -0.2) is 39.4 Å². The number of carbonyl (C=O) groups is 2. The quantitative estimate of drug-likeness (QED) is 0.196. The number of rotatable bonds is 7. The molecule has 2 aliphatic rings. The van der Waals surface area contributed by atoms with Crippen LogP contribution in [0.5, 0.6) is 0 Å². The number of carbonyl (C=O) groups excluding carboxylic acids is 2. The molecule has 0 atom stereocenters. The van der Waals surface area contributed by atoms with Crippen LogP contribution in [0.25, 0.3) is 21.8 Å². The summed E-state index contributed by atoms with van der Waals surface area (Å²) in [5.41, 5.74) is 9.31. The third-order valence-corrected chi connectivity index (χ3v) is 14.7. The maximum absolute atomic E-state index is 13.0. The van der Waals surface area contributed by atoms with Gasteiger partial charge in [0.15, 0.2) is 5.03 Å². The fourth-order valence-electron chi connectivity index (χ4n) is 7.31. The molecule has 3 aromatic heterocycles. The molecule has 0 saturated heterocycles. The van der Waals surface area contributed by atoms with Crippen LogP contribution in [0.3, 0.4) is 0 Å². The fraction of sp³-hybridized carbons (Fsp3) is 0.475. The van der Waals surface area contributed by atoms with Crippen LogP contribution in [0.15, 0.2) is 53.9 Å². The molecule has 0 spiro atoms. The van der Waals surface area contributed by atoms with Gasteiger partial charge in [-0.15, -0.1) is 0 Å². The molecular weight excluding hydrogens is 849 g/mol. The number of aromatic nitrogens is 4.